The molecule has 3 rings (SSSR count). The molecule has 0 N–H and O–H groups in total. The van der Waals surface area contributed by atoms with E-state index in [0.717, 1.165) is 11.8 Å². The maximum absolute atomic E-state index is 12.7. The summed E-state index contributed by atoms with van der Waals surface area (Å²) in [7, 11) is -2.36. The highest BCUT2D eigenvalue weighted by atomic mass is 32.2. The summed E-state index contributed by atoms with van der Waals surface area (Å²) >= 11 is 1.01. The van der Waals surface area contributed by atoms with Gasteiger partial charge in [-0.15, -0.1) is 4.40 Å². The van der Waals surface area contributed by atoms with Crippen molar-refractivity contribution in [3.63, 3.8) is 0 Å². The minimum atomic E-state index is -3.92. The van der Waals surface area contributed by atoms with Gasteiger partial charge in [0.25, 0.3) is 15.9 Å². The van der Waals surface area contributed by atoms with Gasteiger partial charge < -0.3 is 9.15 Å². The lowest BCUT2D eigenvalue weighted by Crippen LogP contribution is -2.31. The van der Waals surface area contributed by atoms with Gasteiger partial charge >= 0.3 is 0 Å². The Bertz CT molecular complexity index is 951. The van der Waals surface area contributed by atoms with Crippen molar-refractivity contribution < 1.29 is 22.4 Å². The number of amides is 1. The van der Waals surface area contributed by atoms with Crippen molar-refractivity contribution in [3.8, 4) is 0 Å². The number of carbonyl (C=O) groups excluding carboxylic acids is 1. The van der Waals surface area contributed by atoms with Crippen LogP contribution in [0.1, 0.15) is 12.2 Å². The molecular formula is C18H18N2O5S2. The third-order valence-corrected chi connectivity index (χ3v) is 6.08. The number of hydrogen-bond acceptors (Lipinski definition) is 6. The average molecular weight is 406 g/mol. The maximum atomic E-state index is 12.7. The van der Waals surface area contributed by atoms with Gasteiger partial charge in [-0.25, -0.2) is 0 Å². The topological polar surface area (TPSA) is 89.2 Å². The van der Waals surface area contributed by atoms with Crippen LogP contribution < -0.4 is 0 Å². The van der Waals surface area contributed by atoms with Gasteiger partial charge in [-0.3, -0.25) is 9.69 Å². The molecule has 0 aliphatic carbocycles. The number of furan rings is 1. The van der Waals surface area contributed by atoms with Crippen LogP contribution in [0.25, 0.3) is 6.08 Å². The van der Waals surface area contributed by atoms with Crippen LogP contribution in [-0.4, -0.2) is 44.7 Å². The summed E-state index contributed by atoms with van der Waals surface area (Å²) < 4.78 is 39.4. The molecular weight excluding hydrogens is 388 g/mol. The Morgan fingerprint density at radius 3 is 2.67 bits per heavy atom. The molecule has 1 aromatic heterocycles. The smallest absolute Gasteiger partial charge is 0.284 e. The fourth-order valence-electron chi connectivity index (χ4n) is 2.39. The van der Waals surface area contributed by atoms with Crippen LogP contribution in [0, 0.1) is 0 Å². The van der Waals surface area contributed by atoms with Crippen LogP contribution in [0.3, 0.4) is 0 Å². The highest BCUT2D eigenvalue weighted by Gasteiger charge is 2.35. The van der Waals surface area contributed by atoms with Crippen molar-refractivity contribution in [3.05, 3.63) is 59.4 Å². The van der Waals surface area contributed by atoms with Gasteiger partial charge in [-0.05, 0) is 42.4 Å². The molecule has 0 spiro atoms. The number of amidine groups is 1. The Hall–Kier alpha value is -2.36. The molecule has 2 aromatic rings. The number of nitrogens with zero attached hydrogens (tertiary/aromatic N) is 2. The van der Waals surface area contributed by atoms with Gasteiger partial charge in [0, 0.05) is 26.3 Å². The lowest BCUT2D eigenvalue weighted by atomic mass is 10.3. The van der Waals surface area contributed by atoms with Gasteiger partial charge in [-0.2, -0.15) is 8.42 Å². The number of ether oxygens (including phenoxy) is 1. The van der Waals surface area contributed by atoms with Gasteiger partial charge in [-0.1, -0.05) is 18.2 Å². The van der Waals surface area contributed by atoms with Crippen molar-refractivity contribution in [2.24, 2.45) is 4.40 Å². The third kappa shape index (κ3) is 4.68. The maximum Gasteiger partial charge on any atom is 0.284 e. The van der Waals surface area contributed by atoms with Crippen LogP contribution >= 0.6 is 11.8 Å². The fraction of sp³-hybridized carbons (Fsp3) is 0.222. The first-order valence-corrected chi connectivity index (χ1v) is 10.4. The van der Waals surface area contributed by atoms with E-state index >= 15 is 0 Å². The van der Waals surface area contributed by atoms with Crippen molar-refractivity contribution in [1.29, 1.82) is 0 Å². The van der Waals surface area contributed by atoms with E-state index in [2.05, 4.69) is 4.40 Å². The van der Waals surface area contributed by atoms with Crippen LogP contribution in [-0.2, 0) is 19.6 Å². The van der Waals surface area contributed by atoms with E-state index in [1.165, 1.54) is 23.3 Å². The summed E-state index contributed by atoms with van der Waals surface area (Å²) in [5.74, 6) is 0.198. The number of sulfonamides is 1. The SMILES string of the molecule is COCCCN1C(=O)/C(=C/c2ccco2)SC1=NS(=O)(=O)c1ccccc1. The molecule has 2 heterocycles. The summed E-state index contributed by atoms with van der Waals surface area (Å²) in [6, 6.07) is 11.3. The van der Waals surface area contributed by atoms with Crippen LogP contribution in [0.4, 0.5) is 0 Å². The van der Waals surface area contributed by atoms with Crippen LogP contribution in [0.5, 0.6) is 0 Å². The predicted molar refractivity (Wildman–Crippen MR) is 104 cm³/mol. The zero-order chi connectivity index (χ0) is 19.3. The monoisotopic (exact) mass is 406 g/mol. The van der Waals surface area contributed by atoms with E-state index in [9.17, 15) is 13.2 Å². The zero-order valence-corrected chi connectivity index (χ0v) is 16.2. The standard InChI is InChI=1S/C18H18N2O5S2/c1-24-11-6-10-20-17(21)16(13-14-7-5-12-25-14)26-18(20)19-27(22,23)15-8-3-2-4-9-15/h2-5,7-9,12-13H,6,10-11H2,1H3/b16-13-,19-18?. The normalized spacial score (nSPS) is 18.0. The molecule has 0 saturated carbocycles. The molecule has 9 heteroatoms. The third-order valence-electron chi connectivity index (χ3n) is 3.67. The van der Waals surface area contributed by atoms with Gasteiger partial charge in [0.15, 0.2) is 5.17 Å². The quantitative estimate of drug-likeness (QED) is 0.519. The highest BCUT2D eigenvalue weighted by molar-refractivity contribution is 8.19. The lowest BCUT2D eigenvalue weighted by Gasteiger charge is -2.14. The summed E-state index contributed by atoms with van der Waals surface area (Å²) in [6.45, 7) is 0.753. The first-order valence-electron chi connectivity index (χ1n) is 8.15. The Kier molecular flexibility index (Phi) is 6.15. The van der Waals surface area contributed by atoms with Gasteiger partial charge in [0.1, 0.15) is 5.76 Å². The van der Waals surface area contributed by atoms with E-state index in [1.54, 1.807) is 43.5 Å². The predicted octanol–water partition coefficient (Wildman–Crippen LogP) is 2.98. The first kappa shape index (κ1) is 19.4. The molecule has 1 aliphatic rings. The summed E-state index contributed by atoms with van der Waals surface area (Å²) in [5, 5.41) is 0.123. The molecule has 27 heavy (non-hydrogen) atoms. The number of thioether (sulfide) groups is 1. The second-order valence-corrected chi connectivity index (χ2v) is 8.20. The van der Waals surface area contributed by atoms with Crippen molar-refractivity contribution in [1.82, 2.24) is 4.90 Å². The molecule has 7 nitrogen and oxygen atoms in total. The minimum absolute atomic E-state index is 0.0749. The highest BCUT2D eigenvalue weighted by Crippen LogP contribution is 2.33. The Labute approximate surface area is 161 Å². The Morgan fingerprint density at radius 1 is 1.22 bits per heavy atom. The first-order chi connectivity index (χ1) is 13.0. The molecule has 1 aliphatic heterocycles. The van der Waals surface area contributed by atoms with E-state index in [0.29, 0.717) is 30.2 Å². The fourth-order valence-corrected chi connectivity index (χ4v) is 4.60. The molecule has 1 saturated heterocycles. The number of rotatable bonds is 7. The summed E-state index contributed by atoms with van der Waals surface area (Å²) in [5.41, 5.74) is 0. The summed E-state index contributed by atoms with van der Waals surface area (Å²) in [6.07, 6.45) is 3.64. The van der Waals surface area contributed by atoms with Crippen molar-refractivity contribution >= 4 is 38.9 Å². The number of benzene rings is 1. The molecule has 0 radical (unpaired) electrons. The molecule has 0 bridgehead atoms. The Balaban J connectivity index is 1.94. The second kappa shape index (κ2) is 8.55. The molecule has 1 aromatic carbocycles. The van der Waals surface area contributed by atoms with Crippen LogP contribution in [0.2, 0.25) is 0 Å². The number of carbonyl (C=O) groups is 1. The lowest BCUT2D eigenvalue weighted by molar-refractivity contribution is -0.122. The summed E-state index contributed by atoms with van der Waals surface area (Å²) in [4.78, 5) is 14.5. The molecule has 142 valence electrons. The molecule has 1 fully saturated rings. The Morgan fingerprint density at radius 2 is 2.00 bits per heavy atom. The van der Waals surface area contributed by atoms with Crippen molar-refractivity contribution in [2.45, 2.75) is 11.3 Å². The number of hydrogen-bond donors (Lipinski definition) is 0. The molecule has 0 unspecified atom stereocenters. The average Bonchev–Trinajstić information content (AvgIpc) is 3.26. The van der Waals surface area contributed by atoms with Gasteiger partial charge in [0.05, 0.1) is 16.1 Å². The minimum Gasteiger partial charge on any atom is -0.465 e. The van der Waals surface area contributed by atoms with E-state index < -0.39 is 10.0 Å². The van der Waals surface area contributed by atoms with Crippen molar-refractivity contribution in [2.75, 3.05) is 20.3 Å². The van der Waals surface area contributed by atoms with E-state index in [1.807, 2.05) is 0 Å². The molecule has 0 atom stereocenters. The van der Waals surface area contributed by atoms with Gasteiger partial charge in [0.2, 0.25) is 0 Å². The van der Waals surface area contributed by atoms with E-state index in [-0.39, 0.29) is 16.0 Å². The largest absolute Gasteiger partial charge is 0.465 e. The van der Waals surface area contributed by atoms with E-state index in [4.69, 9.17) is 9.15 Å². The molecule has 1 amide bonds. The van der Waals surface area contributed by atoms with Crippen LogP contribution in [0.15, 0.2) is 67.3 Å². The number of methoxy groups -OCH3 is 1. The zero-order valence-electron chi connectivity index (χ0n) is 14.6. The second-order valence-electron chi connectivity index (χ2n) is 5.59.